The first-order valence-corrected chi connectivity index (χ1v) is 9.35. The van der Waals surface area contributed by atoms with Crippen molar-refractivity contribution in [3.8, 4) is 11.1 Å². The van der Waals surface area contributed by atoms with Crippen molar-refractivity contribution in [2.45, 2.75) is 10.6 Å². The molecular formula is C17H15ClN4O2S. The minimum Gasteiger partial charge on any atom is -0.383 e. The molecule has 0 saturated carbocycles. The minimum absolute atomic E-state index is 0.0755. The van der Waals surface area contributed by atoms with Crippen LogP contribution in [-0.2, 0) is 15.6 Å². The van der Waals surface area contributed by atoms with E-state index in [2.05, 4.69) is 9.97 Å². The van der Waals surface area contributed by atoms with Crippen LogP contribution in [0, 0.1) is 0 Å². The van der Waals surface area contributed by atoms with Crippen LogP contribution in [0.1, 0.15) is 5.69 Å². The summed E-state index contributed by atoms with van der Waals surface area (Å²) in [5, 5.41) is 0.553. The molecule has 8 heteroatoms. The van der Waals surface area contributed by atoms with Gasteiger partial charge in [0.1, 0.15) is 5.82 Å². The smallest absolute Gasteiger partial charge is 0.222 e. The number of hydrogen-bond acceptors (Lipinski definition) is 6. The van der Waals surface area contributed by atoms with E-state index in [4.69, 9.17) is 23.1 Å². The molecule has 0 unspecified atom stereocenters. The first-order chi connectivity index (χ1) is 11.9. The highest BCUT2D eigenvalue weighted by molar-refractivity contribution is 7.90. The number of benzene rings is 2. The maximum absolute atomic E-state index is 12.7. The second-order valence-corrected chi connectivity index (χ2v) is 7.79. The van der Waals surface area contributed by atoms with Gasteiger partial charge in [-0.2, -0.15) is 4.98 Å². The van der Waals surface area contributed by atoms with Gasteiger partial charge in [-0.05, 0) is 29.8 Å². The predicted molar refractivity (Wildman–Crippen MR) is 98.6 cm³/mol. The van der Waals surface area contributed by atoms with E-state index in [9.17, 15) is 8.42 Å². The molecule has 1 heterocycles. The number of anilines is 2. The topological polar surface area (TPSA) is 112 Å². The maximum atomic E-state index is 12.7. The number of sulfone groups is 1. The van der Waals surface area contributed by atoms with E-state index in [0.717, 1.165) is 0 Å². The minimum atomic E-state index is -3.61. The van der Waals surface area contributed by atoms with Crippen molar-refractivity contribution in [3.63, 3.8) is 0 Å². The summed E-state index contributed by atoms with van der Waals surface area (Å²) in [7, 11) is -3.61. The van der Waals surface area contributed by atoms with Crippen LogP contribution >= 0.6 is 11.6 Å². The fourth-order valence-electron chi connectivity index (χ4n) is 2.47. The number of nitrogen functional groups attached to an aromatic ring is 2. The molecule has 1 aromatic heterocycles. The molecule has 0 aliphatic heterocycles. The van der Waals surface area contributed by atoms with E-state index in [0.29, 0.717) is 16.1 Å². The molecule has 0 aliphatic carbocycles. The third kappa shape index (κ3) is 3.72. The lowest BCUT2D eigenvalue weighted by molar-refractivity contribution is 0.594. The first-order valence-electron chi connectivity index (χ1n) is 7.32. The van der Waals surface area contributed by atoms with Crippen LogP contribution in [0.2, 0.25) is 5.02 Å². The molecule has 0 aliphatic rings. The Morgan fingerprint density at radius 1 is 0.920 bits per heavy atom. The van der Waals surface area contributed by atoms with Crippen molar-refractivity contribution in [3.05, 3.63) is 65.3 Å². The zero-order valence-electron chi connectivity index (χ0n) is 13.1. The Morgan fingerprint density at radius 2 is 1.56 bits per heavy atom. The van der Waals surface area contributed by atoms with Crippen LogP contribution in [0.3, 0.4) is 0 Å². The summed E-state index contributed by atoms with van der Waals surface area (Å²) in [6.07, 6.45) is 0. The molecule has 128 valence electrons. The van der Waals surface area contributed by atoms with Gasteiger partial charge in [0.2, 0.25) is 5.95 Å². The van der Waals surface area contributed by atoms with Crippen molar-refractivity contribution in [1.82, 2.24) is 9.97 Å². The van der Waals surface area contributed by atoms with Gasteiger partial charge in [0.05, 0.1) is 16.3 Å². The molecule has 3 rings (SSSR count). The quantitative estimate of drug-likeness (QED) is 0.726. The summed E-state index contributed by atoms with van der Waals surface area (Å²) in [6, 6.07) is 15.0. The Bertz CT molecular complexity index is 1010. The Labute approximate surface area is 150 Å². The summed E-state index contributed by atoms with van der Waals surface area (Å²) >= 11 is 5.91. The highest BCUT2D eigenvalue weighted by Gasteiger charge is 2.21. The van der Waals surface area contributed by atoms with E-state index in [1.807, 2.05) is 0 Å². The summed E-state index contributed by atoms with van der Waals surface area (Å²) in [5.74, 6) is -0.298. The number of rotatable bonds is 4. The van der Waals surface area contributed by atoms with Gasteiger partial charge in [0.15, 0.2) is 9.84 Å². The summed E-state index contributed by atoms with van der Waals surface area (Å²) in [5.41, 5.74) is 13.0. The van der Waals surface area contributed by atoms with Crippen molar-refractivity contribution in [2.24, 2.45) is 0 Å². The van der Waals surface area contributed by atoms with Gasteiger partial charge in [-0.3, -0.25) is 0 Å². The molecular weight excluding hydrogens is 360 g/mol. The third-order valence-electron chi connectivity index (χ3n) is 3.59. The third-order valence-corrected chi connectivity index (χ3v) is 5.49. The van der Waals surface area contributed by atoms with Gasteiger partial charge in [0.25, 0.3) is 0 Å². The maximum Gasteiger partial charge on any atom is 0.222 e. The highest BCUT2D eigenvalue weighted by Crippen LogP contribution is 2.31. The van der Waals surface area contributed by atoms with Crippen LogP contribution < -0.4 is 11.5 Å². The molecule has 0 saturated heterocycles. The molecule has 6 nitrogen and oxygen atoms in total. The molecule has 0 atom stereocenters. The normalized spacial score (nSPS) is 11.4. The van der Waals surface area contributed by atoms with Crippen molar-refractivity contribution >= 4 is 33.2 Å². The largest absolute Gasteiger partial charge is 0.383 e. The SMILES string of the molecule is Nc1nc(N)c(-c2ccc(Cl)cc2)c(CS(=O)(=O)c2ccccc2)n1. The van der Waals surface area contributed by atoms with Crippen LogP contribution in [0.5, 0.6) is 0 Å². The fourth-order valence-corrected chi connectivity index (χ4v) is 3.91. The standard InChI is InChI=1S/C17H15ClN4O2S/c18-12-8-6-11(7-9-12)15-14(21-17(20)22-16(15)19)10-25(23,24)13-4-2-1-3-5-13/h1-9H,10H2,(H4,19,20,21,22). The van der Waals surface area contributed by atoms with E-state index >= 15 is 0 Å². The summed E-state index contributed by atoms with van der Waals surface area (Å²) < 4.78 is 25.4. The fraction of sp³-hybridized carbons (Fsp3) is 0.0588. The van der Waals surface area contributed by atoms with E-state index < -0.39 is 9.84 Å². The lowest BCUT2D eigenvalue weighted by atomic mass is 10.1. The molecule has 2 aromatic carbocycles. The molecule has 3 aromatic rings. The molecule has 0 amide bonds. The second kappa shape index (κ2) is 6.70. The lowest BCUT2D eigenvalue weighted by Crippen LogP contribution is -2.12. The van der Waals surface area contributed by atoms with Crippen LogP contribution in [0.4, 0.5) is 11.8 Å². The van der Waals surface area contributed by atoms with Gasteiger partial charge in [-0.25, -0.2) is 13.4 Å². The molecule has 4 N–H and O–H groups in total. The molecule has 0 radical (unpaired) electrons. The molecule has 0 bridgehead atoms. The second-order valence-electron chi connectivity index (χ2n) is 5.37. The number of nitrogens with zero attached hydrogens (tertiary/aromatic N) is 2. The van der Waals surface area contributed by atoms with Crippen molar-refractivity contribution in [1.29, 1.82) is 0 Å². The Kier molecular flexibility index (Phi) is 4.61. The van der Waals surface area contributed by atoms with Crippen LogP contribution in [-0.4, -0.2) is 18.4 Å². The lowest BCUT2D eigenvalue weighted by Gasteiger charge is -2.13. The van der Waals surface area contributed by atoms with E-state index in [1.165, 1.54) is 12.1 Å². The van der Waals surface area contributed by atoms with E-state index in [-0.39, 0.29) is 28.1 Å². The predicted octanol–water partition coefficient (Wildman–Crippen LogP) is 2.94. The molecule has 25 heavy (non-hydrogen) atoms. The average Bonchev–Trinajstić information content (AvgIpc) is 2.56. The Morgan fingerprint density at radius 3 is 2.20 bits per heavy atom. The number of nitrogens with two attached hydrogens (primary N) is 2. The summed E-state index contributed by atoms with van der Waals surface area (Å²) in [6.45, 7) is 0. The number of hydrogen-bond donors (Lipinski definition) is 2. The van der Waals surface area contributed by atoms with Gasteiger partial charge in [0, 0.05) is 10.6 Å². The van der Waals surface area contributed by atoms with Gasteiger partial charge in [-0.15, -0.1) is 0 Å². The summed E-state index contributed by atoms with van der Waals surface area (Å²) in [4.78, 5) is 8.27. The van der Waals surface area contributed by atoms with Crippen molar-refractivity contribution < 1.29 is 8.42 Å². The van der Waals surface area contributed by atoms with Crippen LogP contribution in [0.25, 0.3) is 11.1 Å². The highest BCUT2D eigenvalue weighted by atomic mass is 35.5. The zero-order chi connectivity index (χ0) is 18.0. The zero-order valence-corrected chi connectivity index (χ0v) is 14.6. The monoisotopic (exact) mass is 374 g/mol. The van der Waals surface area contributed by atoms with Gasteiger partial charge >= 0.3 is 0 Å². The Balaban J connectivity index is 2.11. The van der Waals surface area contributed by atoms with Gasteiger partial charge in [-0.1, -0.05) is 41.9 Å². The van der Waals surface area contributed by atoms with Gasteiger partial charge < -0.3 is 11.5 Å². The number of halogens is 1. The average molecular weight is 375 g/mol. The number of aromatic nitrogens is 2. The molecule has 0 fully saturated rings. The van der Waals surface area contributed by atoms with Crippen molar-refractivity contribution in [2.75, 3.05) is 11.5 Å². The molecule has 0 spiro atoms. The first kappa shape index (κ1) is 17.2. The Hall–Kier alpha value is -2.64. The van der Waals surface area contributed by atoms with E-state index in [1.54, 1.807) is 42.5 Å². The van der Waals surface area contributed by atoms with Crippen LogP contribution in [0.15, 0.2) is 59.5 Å².